The van der Waals surface area contributed by atoms with Crippen LogP contribution in [0.1, 0.15) is 19.4 Å². The van der Waals surface area contributed by atoms with E-state index in [-0.39, 0.29) is 11.8 Å². The zero-order valence-electron chi connectivity index (χ0n) is 13.1. The van der Waals surface area contributed by atoms with Crippen molar-refractivity contribution >= 4 is 5.96 Å². The molecule has 0 aliphatic rings. The van der Waals surface area contributed by atoms with Gasteiger partial charge in [0, 0.05) is 19.7 Å². The lowest BCUT2D eigenvalue weighted by atomic mass is 10.2. The summed E-state index contributed by atoms with van der Waals surface area (Å²) in [5, 5.41) is 6.32. The predicted octanol–water partition coefficient (Wildman–Crippen LogP) is 2.38. The summed E-state index contributed by atoms with van der Waals surface area (Å²) < 4.78 is 33.8. The summed E-state index contributed by atoms with van der Waals surface area (Å²) in [4.78, 5) is 4.42. The van der Waals surface area contributed by atoms with E-state index >= 15 is 0 Å². The standard InChI is InChI=1S/C15H23F2N3O2/c1-4-18-15(20-11(2)10-21-3)19-9-12-6-5-7-13(8-12)22-14(16)17/h5-8,11,14H,4,9-10H2,1-3H3,(H2,18,19,20). The Hall–Kier alpha value is -1.89. The van der Waals surface area contributed by atoms with Crippen LogP contribution in [0.25, 0.3) is 0 Å². The fourth-order valence-electron chi connectivity index (χ4n) is 1.84. The van der Waals surface area contributed by atoms with E-state index in [1.165, 1.54) is 6.07 Å². The van der Waals surface area contributed by atoms with E-state index in [0.29, 0.717) is 19.1 Å². The van der Waals surface area contributed by atoms with Crippen LogP contribution in [0, 0.1) is 0 Å². The van der Waals surface area contributed by atoms with E-state index in [2.05, 4.69) is 20.4 Å². The fraction of sp³-hybridized carbons (Fsp3) is 0.533. The highest BCUT2D eigenvalue weighted by Gasteiger charge is 2.06. The van der Waals surface area contributed by atoms with Crippen LogP contribution in [0.3, 0.4) is 0 Å². The molecule has 7 heteroatoms. The van der Waals surface area contributed by atoms with Gasteiger partial charge in [-0.05, 0) is 31.5 Å². The second kappa shape index (κ2) is 9.94. The van der Waals surface area contributed by atoms with Crippen LogP contribution in [0.2, 0.25) is 0 Å². The number of nitrogens with one attached hydrogen (secondary N) is 2. The number of ether oxygens (including phenoxy) is 2. The Bertz CT molecular complexity index is 470. The molecule has 0 aliphatic heterocycles. The largest absolute Gasteiger partial charge is 0.435 e. The predicted molar refractivity (Wildman–Crippen MR) is 82.4 cm³/mol. The average molecular weight is 315 g/mol. The molecular formula is C15H23F2N3O2. The van der Waals surface area contributed by atoms with Crippen LogP contribution in [0.15, 0.2) is 29.3 Å². The number of alkyl halides is 2. The van der Waals surface area contributed by atoms with E-state index < -0.39 is 6.61 Å². The fourth-order valence-corrected chi connectivity index (χ4v) is 1.84. The van der Waals surface area contributed by atoms with Crippen molar-refractivity contribution in [3.8, 4) is 5.75 Å². The van der Waals surface area contributed by atoms with Gasteiger partial charge in [-0.1, -0.05) is 12.1 Å². The summed E-state index contributed by atoms with van der Waals surface area (Å²) >= 11 is 0. The molecule has 1 aromatic rings. The molecule has 0 amide bonds. The molecule has 1 aromatic carbocycles. The second-order valence-electron chi connectivity index (χ2n) is 4.72. The lowest BCUT2D eigenvalue weighted by Gasteiger charge is -2.17. The Morgan fingerprint density at radius 3 is 2.77 bits per heavy atom. The van der Waals surface area contributed by atoms with Gasteiger partial charge in [-0.15, -0.1) is 0 Å². The quantitative estimate of drug-likeness (QED) is 0.571. The first-order chi connectivity index (χ1) is 10.5. The van der Waals surface area contributed by atoms with Crippen LogP contribution >= 0.6 is 0 Å². The summed E-state index contributed by atoms with van der Waals surface area (Å²) in [6, 6.07) is 6.62. The van der Waals surface area contributed by atoms with E-state index in [4.69, 9.17) is 4.74 Å². The van der Waals surface area contributed by atoms with E-state index in [1.807, 2.05) is 19.9 Å². The van der Waals surface area contributed by atoms with Crippen LogP contribution < -0.4 is 15.4 Å². The lowest BCUT2D eigenvalue weighted by molar-refractivity contribution is -0.0498. The molecule has 124 valence electrons. The van der Waals surface area contributed by atoms with Gasteiger partial charge >= 0.3 is 6.61 Å². The van der Waals surface area contributed by atoms with Gasteiger partial charge in [-0.3, -0.25) is 0 Å². The summed E-state index contributed by atoms with van der Waals surface area (Å²) in [5.74, 6) is 0.778. The first-order valence-corrected chi connectivity index (χ1v) is 7.12. The Morgan fingerprint density at radius 2 is 2.14 bits per heavy atom. The summed E-state index contributed by atoms with van der Waals surface area (Å²) in [6.45, 7) is 2.76. The molecule has 0 heterocycles. The third kappa shape index (κ3) is 7.21. The molecule has 0 fully saturated rings. The zero-order chi connectivity index (χ0) is 16.4. The van der Waals surface area contributed by atoms with Crippen LogP contribution in [0.5, 0.6) is 5.75 Å². The topological polar surface area (TPSA) is 54.9 Å². The number of benzene rings is 1. The molecule has 0 aliphatic carbocycles. The van der Waals surface area contributed by atoms with Crippen molar-refractivity contribution in [1.29, 1.82) is 0 Å². The zero-order valence-corrected chi connectivity index (χ0v) is 13.1. The van der Waals surface area contributed by atoms with Crippen LogP contribution in [-0.4, -0.2) is 38.9 Å². The molecule has 0 saturated heterocycles. The molecule has 0 aromatic heterocycles. The molecule has 2 N–H and O–H groups in total. The minimum absolute atomic E-state index is 0.108. The van der Waals surface area contributed by atoms with Gasteiger partial charge in [0.05, 0.1) is 13.2 Å². The second-order valence-corrected chi connectivity index (χ2v) is 4.72. The maximum atomic E-state index is 12.2. The number of guanidine groups is 1. The number of rotatable bonds is 8. The minimum atomic E-state index is -2.83. The highest BCUT2D eigenvalue weighted by molar-refractivity contribution is 5.80. The van der Waals surface area contributed by atoms with Crippen LogP contribution in [0.4, 0.5) is 8.78 Å². The molecule has 0 spiro atoms. The Balaban J connectivity index is 2.68. The van der Waals surface area contributed by atoms with Crippen molar-refractivity contribution in [2.24, 2.45) is 4.99 Å². The van der Waals surface area contributed by atoms with Gasteiger partial charge in [0.25, 0.3) is 0 Å². The smallest absolute Gasteiger partial charge is 0.387 e. The Labute approximate surface area is 129 Å². The molecule has 0 bridgehead atoms. The van der Waals surface area contributed by atoms with E-state index in [9.17, 15) is 8.78 Å². The van der Waals surface area contributed by atoms with Crippen LogP contribution in [-0.2, 0) is 11.3 Å². The van der Waals surface area contributed by atoms with Gasteiger partial charge in [0.1, 0.15) is 5.75 Å². The Morgan fingerprint density at radius 1 is 1.36 bits per heavy atom. The molecule has 22 heavy (non-hydrogen) atoms. The van der Waals surface area contributed by atoms with Crippen molar-refractivity contribution in [3.63, 3.8) is 0 Å². The monoisotopic (exact) mass is 315 g/mol. The van der Waals surface area contributed by atoms with Crippen molar-refractivity contribution in [2.45, 2.75) is 33.0 Å². The molecule has 1 rings (SSSR count). The maximum absolute atomic E-state index is 12.2. The molecular weight excluding hydrogens is 292 g/mol. The number of hydrogen-bond acceptors (Lipinski definition) is 3. The number of nitrogens with zero attached hydrogens (tertiary/aromatic N) is 1. The summed E-state index contributed by atoms with van der Waals surface area (Å²) in [5.41, 5.74) is 0.787. The number of aliphatic imine (C=N–C) groups is 1. The van der Waals surface area contributed by atoms with E-state index in [0.717, 1.165) is 12.1 Å². The normalized spacial score (nSPS) is 13.1. The SMILES string of the molecule is CCNC(=NCc1cccc(OC(F)F)c1)NC(C)COC. The lowest BCUT2D eigenvalue weighted by Crippen LogP contribution is -2.43. The molecule has 0 radical (unpaired) electrons. The molecule has 1 unspecified atom stereocenters. The van der Waals surface area contributed by atoms with Gasteiger partial charge in [-0.2, -0.15) is 8.78 Å². The number of hydrogen-bond donors (Lipinski definition) is 2. The highest BCUT2D eigenvalue weighted by Crippen LogP contribution is 2.16. The van der Waals surface area contributed by atoms with Gasteiger partial charge in [0.15, 0.2) is 5.96 Å². The van der Waals surface area contributed by atoms with Gasteiger partial charge in [-0.25, -0.2) is 4.99 Å². The summed E-state index contributed by atoms with van der Waals surface area (Å²) in [7, 11) is 1.64. The molecule has 5 nitrogen and oxygen atoms in total. The van der Waals surface area contributed by atoms with Crippen molar-refractivity contribution < 1.29 is 18.3 Å². The average Bonchev–Trinajstić information content (AvgIpc) is 2.45. The number of halogens is 2. The van der Waals surface area contributed by atoms with E-state index in [1.54, 1.807) is 19.2 Å². The number of methoxy groups -OCH3 is 1. The van der Waals surface area contributed by atoms with Crippen molar-refractivity contribution in [2.75, 3.05) is 20.3 Å². The molecule has 1 atom stereocenters. The Kier molecular flexibility index (Phi) is 8.21. The third-order valence-corrected chi connectivity index (χ3v) is 2.69. The maximum Gasteiger partial charge on any atom is 0.387 e. The van der Waals surface area contributed by atoms with Crippen molar-refractivity contribution in [1.82, 2.24) is 10.6 Å². The first kappa shape index (κ1) is 18.2. The first-order valence-electron chi connectivity index (χ1n) is 7.12. The van der Waals surface area contributed by atoms with Gasteiger partial charge < -0.3 is 20.1 Å². The highest BCUT2D eigenvalue weighted by atomic mass is 19.3. The minimum Gasteiger partial charge on any atom is -0.435 e. The third-order valence-electron chi connectivity index (χ3n) is 2.69. The molecule has 0 saturated carbocycles. The summed E-state index contributed by atoms with van der Waals surface area (Å²) in [6.07, 6.45) is 0. The van der Waals surface area contributed by atoms with Gasteiger partial charge in [0.2, 0.25) is 0 Å². The van der Waals surface area contributed by atoms with Crippen molar-refractivity contribution in [3.05, 3.63) is 29.8 Å².